The zero-order valence-corrected chi connectivity index (χ0v) is 24.7. The van der Waals surface area contributed by atoms with Crippen molar-refractivity contribution in [3.05, 3.63) is 39.8 Å². The van der Waals surface area contributed by atoms with Crippen LogP contribution in [0.3, 0.4) is 0 Å². The van der Waals surface area contributed by atoms with E-state index in [0.717, 1.165) is 42.9 Å². The summed E-state index contributed by atoms with van der Waals surface area (Å²) in [5.41, 5.74) is 3.81. The third-order valence-electron chi connectivity index (χ3n) is 6.60. The van der Waals surface area contributed by atoms with Crippen LogP contribution >= 0.6 is 11.3 Å². The second-order valence-corrected chi connectivity index (χ2v) is 10.6. The molecule has 2 aromatic rings. The zero-order chi connectivity index (χ0) is 28.5. The zero-order valence-electron chi connectivity index (χ0n) is 23.9. The molecule has 0 aliphatic heterocycles. The largest absolute Gasteiger partial charge is 0.391 e. The summed E-state index contributed by atoms with van der Waals surface area (Å²) in [6.07, 6.45) is 7.75. The van der Waals surface area contributed by atoms with Crippen LogP contribution in [0.4, 0.5) is 16.4 Å². The number of azo groups is 1. The number of aliphatic hydroxyl groups excluding tert-OH is 1. The molecule has 1 atom stereocenters. The minimum Gasteiger partial charge on any atom is -0.391 e. The van der Waals surface area contributed by atoms with Crippen LogP contribution < -0.4 is 4.90 Å². The van der Waals surface area contributed by atoms with Gasteiger partial charge in [0.25, 0.3) is 0 Å². The Labute approximate surface area is 237 Å². The Morgan fingerprint density at radius 2 is 1.72 bits per heavy atom. The van der Waals surface area contributed by atoms with E-state index in [2.05, 4.69) is 47.2 Å². The van der Waals surface area contributed by atoms with Gasteiger partial charge in [-0.1, -0.05) is 45.4 Å². The van der Waals surface area contributed by atoms with Crippen LogP contribution in [0.2, 0.25) is 0 Å². The minimum atomic E-state index is -0.393. The van der Waals surface area contributed by atoms with E-state index in [0.29, 0.717) is 47.4 Å². The highest BCUT2D eigenvalue weighted by Crippen LogP contribution is 2.36. The van der Waals surface area contributed by atoms with Crippen molar-refractivity contribution in [2.75, 3.05) is 44.4 Å². The lowest BCUT2D eigenvalue weighted by Crippen LogP contribution is -2.27. The number of rotatable bonds is 19. The second kappa shape index (κ2) is 18.5. The van der Waals surface area contributed by atoms with Crippen molar-refractivity contribution >= 4 is 27.7 Å². The van der Waals surface area contributed by atoms with Crippen molar-refractivity contribution in [1.82, 2.24) is 0 Å². The van der Waals surface area contributed by atoms with Crippen LogP contribution in [0, 0.1) is 36.5 Å². The molecule has 1 N–H and O–H groups in total. The molecule has 1 heterocycles. The Morgan fingerprint density at radius 3 is 2.41 bits per heavy atom. The van der Waals surface area contributed by atoms with Crippen LogP contribution in [0.5, 0.6) is 0 Å². The number of aryl methyl sites for hydroxylation is 1. The number of unbranched alkanes of at least 4 members (excludes halogenated alkanes) is 5. The lowest BCUT2D eigenvalue weighted by Gasteiger charge is -2.23. The van der Waals surface area contributed by atoms with E-state index < -0.39 is 6.10 Å². The lowest BCUT2D eigenvalue weighted by atomic mass is 10.1. The molecule has 8 nitrogen and oxygen atoms in total. The number of thiophene rings is 1. The second-order valence-electron chi connectivity index (χ2n) is 9.61. The number of hydrogen-bond donors (Lipinski definition) is 1. The van der Waals surface area contributed by atoms with Crippen LogP contribution in [-0.2, 0) is 9.47 Å². The molecular formula is C30H43N5O3S. The molecule has 2 rings (SSSR count). The number of benzene rings is 1. The lowest BCUT2D eigenvalue weighted by molar-refractivity contribution is 0.00182. The predicted molar refractivity (Wildman–Crippen MR) is 157 cm³/mol. The molecule has 0 bridgehead atoms. The standard InChI is InChI=1S/C30H43N5O3S/c1-5-7-8-9-10-11-12-26(36)22-38-18-17-37-16-15-35(6-2)25-13-14-28(23(3)19-25)33-34-30-27(20-31)24(4)29(21-32)39-30/h13-14,19,26,36H,5-12,15-18,22H2,1-4H3/b34-33+. The van der Waals surface area contributed by atoms with E-state index >= 15 is 0 Å². The molecule has 0 aliphatic carbocycles. The first-order chi connectivity index (χ1) is 18.9. The molecule has 0 radical (unpaired) electrons. The summed E-state index contributed by atoms with van der Waals surface area (Å²) in [6.45, 7) is 11.6. The summed E-state index contributed by atoms with van der Waals surface area (Å²) in [5.74, 6) is 0. The van der Waals surface area contributed by atoms with Crippen LogP contribution in [0.1, 0.15) is 80.4 Å². The van der Waals surface area contributed by atoms with Gasteiger partial charge in [0.2, 0.25) is 0 Å². The van der Waals surface area contributed by atoms with E-state index in [1.54, 1.807) is 6.92 Å². The predicted octanol–water partition coefficient (Wildman–Crippen LogP) is 7.49. The maximum atomic E-state index is 10.1. The van der Waals surface area contributed by atoms with E-state index in [4.69, 9.17) is 9.47 Å². The molecule has 0 saturated heterocycles. The Balaban J connectivity index is 1.73. The van der Waals surface area contributed by atoms with Crippen LogP contribution in [0.15, 0.2) is 28.4 Å². The highest BCUT2D eigenvalue weighted by atomic mass is 32.1. The van der Waals surface area contributed by atoms with E-state index in [9.17, 15) is 15.6 Å². The molecule has 0 aliphatic rings. The molecule has 1 aromatic carbocycles. The number of aliphatic hydroxyl groups is 1. The molecule has 0 amide bonds. The molecule has 1 aromatic heterocycles. The van der Waals surface area contributed by atoms with Crippen molar-refractivity contribution in [2.45, 2.75) is 78.7 Å². The summed E-state index contributed by atoms with van der Waals surface area (Å²) in [4.78, 5) is 2.72. The Bertz CT molecular complexity index is 1120. The molecule has 0 fully saturated rings. The number of anilines is 1. The fourth-order valence-corrected chi connectivity index (χ4v) is 5.06. The summed E-state index contributed by atoms with van der Waals surface area (Å²) in [5, 5.41) is 37.8. The molecular weight excluding hydrogens is 510 g/mol. The maximum absolute atomic E-state index is 10.1. The van der Waals surface area contributed by atoms with Gasteiger partial charge in [0.05, 0.1) is 43.8 Å². The van der Waals surface area contributed by atoms with Crippen molar-refractivity contribution in [1.29, 1.82) is 10.5 Å². The van der Waals surface area contributed by atoms with Gasteiger partial charge in [-0.25, -0.2) is 0 Å². The van der Waals surface area contributed by atoms with Gasteiger partial charge in [-0.05, 0) is 56.5 Å². The molecule has 212 valence electrons. The number of hydrogen-bond acceptors (Lipinski definition) is 9. The Morgan fingerprint density at radius 1 is 0.974 bits per heavy atom. The number of likely N-dealkylation sites (N-methyl/N-ethyl adjacent to an activating group) is 1. The highest BCUT2D eigenvalue weighted by Gasteiger charge is 2.15. The molecule has 1 unspecified atom stereocenters. The average Bonchev–Trinajstić information content (AvgIpc) is 3.25. The van der Waals surface area contributed by atoms with Crippen LogP contribution in [-0.4, -0.2) is 50.7 Å². The van der Waals surface area contributed by atoms with Gasteiger partial charge in [-0.15, -0.1) is 21.6 Å². The van der Waals surface area contributed by atoms with Gasteiger partial charge in [-0.2, -0.15) is 10.5 Å². The van der Waals surface area contributed by atoms with E-state index in [-0.39, 0.29) is 0 Å². The summed E-state index contributed by atoms with van der Waals surface area (Å²) >= 11 is 1.18. The average molecular weight is 554 g/mol. The van der Waals surface area contributed by atoms with E-state index in [1.165, 1.54) is 43.4 Å². The number of ether oxygens (including phenoxy) is 2. The summed E-state index contributed by atoms with van der Waals surface area (Å²) in [7, 11) is 0. The molecule has 39 heavy (non-hydrogen) atoms. The van der Waals surface area contributed by atoms with Crippen molar-refractivity contribution in [3.8, 4) is 12.1 Å². The summed E-state index contributed by atoms with van der Waals surface area (Å²) < 4.78 is 11.3. The van der Waals surface area contributed by atoms with Gasteiger partial charge in [0, 0.05) is 18.8 Å². The Hall–Kier alpha value is -2.82. The van der Waals surface area contributed by atoms with Gasteiger partial charge in [-0.3, -0.25) is 0 Å². The first-order valence-corrected chi connectivity index (χ1v) is 14.8. The quantitative estimate of drug-likeness (QED) is 0.142. The van der Waals surface area contributed by atoms with E-state index in [1.807, 2.05) is 19.1 Å². The minimum absolute atomic E-state index is 0.367. The topological polar surface area (TPSA) is 114 Å². The van der Waals surface area contributed by atoms with Crippen LogP contribution in [0.25, 0.3) is 0 Å². The number of nitriles is 2. The molecule has 9 heteroatoms. The fourth-order valence-electron chi connectivity index (χ4n) is 4.18. The van der Waals surface area contributed by atoms with Gasteiger partial charge in [0.15, 0.2) is 5.00 Å². The van der Waals surface area contributed by atoms with Gasteiger partial charge in [0.1, 0.15) is 17.0 Å². The SMILES string of the molecule is CCCCCCCCC(O)COCCOCCN(CC)c1ccc(/N=N/c2sc(C#N)c(C)c2C#N)c(C)c1. The van der Waals surface area contributed by atoms with Crippen molar-refractivity contribution in [3.63, 3.8) is 0 Å². The van der Waals surface area contributed by atoms with Crippen molar-refractivity contribution < 1.29 is 14.6 Å². The third-order valence-corrected chi connectivity index (χ3v) is 7.68. The number of nitrogens with zero attached hydrogens (tertiary/aromatic N) is 5. The first-order valence-electron chi connectivity index (χ1n) is 14.0. The highest BCUT2D eigenvalue weighted by molar-refractivity contribution is 7.16. The monoisotopic (exact) mass is 553 g/mol. The summed E-state index contributed by atoms with van der Waals surface area (Å²) in [6, 6.07) is 10.2. The van der Waals surface area contributed by atoms with Gasteiger partial charge < -0.3 is 19.5 Å². The molecule has 0 saturated carbocycles. The van der Waals surface area contributed by atoms with Gasteiger partial charge >= 0.3 is 0 Å². The smallest absolute Gasteiger partial charge is 0.158 e. The third kappa shape index (κ3) is 11.1. The van der Waals surface area contributed by atoms with Crippen molar-refractivity contribution in [2.24, 2.45) is 10.2 Å². The fraction of sp³-hybridized carbons (Fsp3) is 0.600. The first kappa shape index (κ1) is 32.4. The maximum Gasteiger partial charge on any atom is 0.158 e. The Kier molecular flexibility index (Phi) is 15.3. The normalized spacial score (nSPS) is 12.0. The molecule has 0 spiro atoms.